The summed E-state index contributed by atoms with van der Waals surface area (Å²) in [7, 11) is 1.51. The average Bonchev–Trinajstić information content (AvgIpc) is 2.92. The molecule has 0 spiro atoms. The normalized spacial score (nSPS) is 10.8. The van der Waals surface area contributed by atoms with E-state index in [-0.39, 0.29) is 5.88 Å². The van der Waals surface area contributed by atoms with E-state index in [1.807, 2.05) is 0 Å². The summed E-state index contributed by atoms with van der Waals surface area (Å²) in [5.74, 6) is 0.721. The Morgan fingerprint density at radius 2 is 2.11 bits per heavy atom. The van der Waals surface area contributed by atoms with Crippen molar-refractivity contribution >= 4 is 10.9 Å². The molecule has 3 rings (SSSR count). The summed E-state index contributed by atoms with van der Waals surface area (Å²) in [5, 5.41) is 0.357. The molecule has 0 bridgehead atoms. The Balaban J connectivity index is 2.41. The summed E-state index contributed by atoms with van der Waals surface area (Å²) in [6.07, 6.45) is 1.40. The third-order valence-corrected chi connectivity index (χ3v) is 2.83. The first kappa shape index (κ1) is 11.3. The number of fused-ring (bicyclic) bond motifs is 1. The van der Waals surface area contributed by atoms with Gasteiger partial charge in [-0.3, -0.25) is 4.79 Å². The molecule has 1 N–H and O–H groups in total. The van der Waals surface area contributed by atoms with Gasteiger partial charge in [0.15, 0.2) is 0 Å². The van der Waals surface area contributed by atoms with E-state index in [4.69, 9.17) is 9.15 Å². The number of furan rings is 1. The molecule has 0 aliphatic rings. The fraction of sp³-hybridized carbons (Fsp3) is 0.0769. The number of ether oxygens (including phenoxy) is 1. The summed E-state index contributed by atoms with van der Waals surface area (Å²) >= 11 is 0. The highest BCUT2D eigenvalue weighted by Crippen LogP contribution is 2.15. The fourth-order valence-electron chi connectivity index (χ4n) is 1.92. The van der Waals surface area contributed by atoms with Crippen molar-refractivity contribution < 1.29 is 9.15 Å². The van der Waals surface area contributed by atoms with Gasteiger partial charge in [-0.1, -0.05) is 0 Å². The highest BCUT2D eigenvalue weighted by atomic mass is 16.5. The zero-order valence-electron chi connectivity index (χ0n) is 10.0. The van der Waals surface area contributed by atoms with Crippen molar-refractivity contribution in [2.45, 2.75) is 0 Å². The van der Waals surface area contributed by atoms with E-state index in [0.717, 1.165) is 4.57 Å². The molecule has 0 aliphatic carbocycles. The molecular weight excluding hydrogens is 248 g/mol. The lowest BCUT2D eigenvalue weighted by Gasteiger charge is -2.05. The van der Waals surface area contributed by atoms with Gasteiger partial charge in [-0.05, 0) is 24.3 Å². The number of aromatic amines is 1. The molecule has 3 aromatic rings. The maximum absolute atomic E-state index is 12.3. The highest BCUT2D eigenvalue weighted by Gasteiger charge is 2.11. The zero-order chi connectivity index (χ0) is 13.4. The van der Waals surface area contributed by atoms with Crippen LogP contribution in [0.1, 0.15) is 0 Å². The van der Waals surface area contributed by atoms with E-state index >= 15 is 0 Å². The lowest BCUT2D eigenvalue weighted by molar-refractivity contribution is 0.415. The quantitative estimate of drug-likeness (QED) is 0.751. The van der Waals surface area contributed by atoms with E-state index in [9.17, 15) is 9.59 Å². The van der Waals surface area contributed by atoms with E-state index in [1.165, 1.54) is 13.4 Å². The van der Waals surface area contributed by atoms with Gasteiger partial charge in [0.05, 0.1) is 24.3 Å². The van der Waals surface area contributed by atoms with E-state index in [1.54, 1.807) is 30.3 Å². The molecule has 0 unspecified atom stereocenters. The first-order chi connectivity index (χ1) is 9.20. The Bertz CT molecular complexity index is 843. The molecule has 0 aliphatic heterocycles. The second-order valence-electron chi connectivity index (χ2n) is 3.93. The molecule has 19 heavy (non-hydrogen) atoms. The largest absolute Gasteiger partial charge is 0.497 e. The van der Waals surface area contributed by atoms with Crippen molar-refractivity contribution in [3.63, 3.8) is 0 Å². The Morgan fingerprint density at radius 3 is 2.79 bits per heavy atom. The summed E-state index contributed by atoms with van der Waals surface area (Å²) < 4.78 is 11.1. The van der Waals surface area contributed by atoms with Crippen LogP contribution in [0, 0.1) is 0 Å². The van der Waals surface area contributed by atoms with Crippen LogP contribution in [0.3, 0.4) is 0 Å². The highest BCUT2D eigenvalue weighted by molar-refractivity contribution is 5.79. The summed E-state index contributed by atoms with van der Waals surface area (Å²) in [6.45, 7) is 0. The van der Waals surface area contributed by atoms with E-state index in [2.05, 4.69) is 4.98 Å². The van der Waals surface area contributed by atoms with Crippen LogP contribution in [0.25, 0.3) is 16.8 Å². The summed E-state index contributed by atoms with van der Waals surface area (Å²) in [4.78, 5) is 26.9. The first-order valence-electron chi connectivity index (χ1n) is 5.57. The number of hydrogen-bond donors (Lipinski definition) is 1. The number of benzene rings is 1. The minimum absolute atomic E-state index is 0.177. The van der Waals surface area contributed by atoms with Gasteiger partial charge in [0, 0.05) is 6.07 Å². The average molecular weight is 258 g/mol. The molecular formula is C13H10N2O4. The van der Waals surface area contributed by atoms with Crippen LogP contribution in [-0.4, -0.2) is 16.7 Å². The van der Waals surface area contributed by atoms with Gasteiger partial charge in [-0.25, -0.2) is 4.79 Å². The van der Waals surface area contributed by atoms with Crippen LogP contribution in [-0.2, 0) is 0 Å². The predicted molar refractivity (Wildman–Crippen MR) is 69.0 cm³/mol. The van der Waals surface area contributed by atoms with Crippen LogP contribution >= 0.6 is 0 Å². The molecule has 6 nitrogen and oxygen atoms in total. The van der Waals surface area contributed by atoms with Gasteiger partial charge < -0.3 is 14.1 Å². The van der Waals surface area contributed by atoms with Crippen molar-refractivity contribution in [1.29, 1.82) is 0 Å². The van der Waals surface area contributed by atoms with Crippen molar-refractivity contribution in [2.24, 2.45) is 0 Å². The Morgan fingerprint density at radius 1 is 1.26 bits per heavy atom. The Kier molecular flexibility index (Phi) is 2.49. The van der Waals surface area contributed by atoms with Crippen molar-refractivity contribution in [2.75, 3.05) is 7.11 Å². The minimum Gasteiger partial charge on any atom is -0.497 e. The van der Waals surface area contributed by atoms with Crippen LogP contribution in [0.5, 0.6) is 5.75 Å². The molecule has 0 saturated carbocycles. The van der Waals surface area contributed by atoms with Crippen LogP contribution in [0.2, 0.25) is 0 Å². The number of methoxy groups -OCH3 is 1. The second kappa shape index (κ2) is 4.16. The number of nitrogens with one attached hydrogen (secondary N) is 1. The molecule has 2 aromatic heterocycles. The number of rotatable bonds is 2. The van der Waals surface area contributed by atoms with Gasteiger partial charge >= 0.3 is 5.69 Å². The maximum atomic E-state index is 12.3. The summed E-state index contributed by atoms with van der Waals surface area (Å²) in [5.41, 5.74) is -0.538. The SMILES string of the molecule is COc1ccc2[nH]c(=O)n(-c3ccco3)c(=O)c2c1. The van der Waals surface area contributed by atoms with E-state index in [0.29, 0.717) is 16.7 Å². The number of nitrogens with zero attached hydrogens (tertiary/aromatic N) is 1. The van der Waals surface area contributed by atoms with Gasteiger partial charge in [0.25, 0.3) is 5.56 Å². The van der Waals surface area contributed by atoms with Gasteiger partial charge in [-0.15, -0.1) is 0 Å². The van der Waals surface area contributed by atoms with Crippen molar-refractivity contribution in [3.8, 4) is 11.6 Å². The zero-order valence-corrected chi connectivity index (χ0v) is 10.0. The lowest BCUT2D eigenvalue weighted by Crippen LogP contribution is -2.33. The lowest BCUT2D eigenvalue weighted by atomic mass is 10.2. The van der Waals surface area contributed by atoms with E-state index < -0.39 is 11.2 Å². The number of hydrogen-bond acceptors (Lipinski definition) is 4. The first-order valence-corrected chi connectivity index (χ1v) is 5.57. The predicted octanol–water partition coefficient (Wildman–Crippen LogP) is 1.28. The maximum Gasteiger partial charge on any atom is 0.335 e. The number of aromatic nitrogens is 2. The Labute approximate surface area is 106 Å². The van der Waals surface area contributed by atoms with Gasteiger partial charge in [-0.2, -0.15) is 4.57 Å². The van der Waals surface area contributed by atoms with Crippen molar-refractivity contribution in [3.05, 3.63) is 57.4 Å². The third-order valence-electron chi connectivity index (χ3n) is 2.83. The molecule has 0 radical (unpaired) electrons. The molecule has 0 amide bonds. The minimum atomic E-state index is -0.544. The smallest absolute Gasteiger partial charge is 0.335 e. The molecule has 0 atom stereocenters. The number of H-pyrrole nitrogens is 1. The van der Waals surface area contributed by atoms with Crippen LogP contribution in [0.4, 0.5) is 0 Å². The van der Waals surface area contributed by atoms with Crippen LogP contribution in [0.15, 0.2) is 50.6 Å². The molecule has 96 valence electrons. The third kappa shape index (κ3) is 1.74. The molecule has 0 saturated heterocycles. The Hall–Kier alpha value is -2.76. The van der Waals surface area contributed by atoms with Crippen LogP contribution < -0.4 is 16.0 Å². The molecule has 6 heteroatoms. The standard InChI is InChI=1S/C13H10N2O4/c1-18-8-4-5-10-9(7-8)12(16)15(13(17)14-10)11-3-2-6-19-11/h2-7H,1H3,(H,14,17). The monoisotopic (exact) mass is 258 g/mol. The molecule has 2 heterocycles. The molecule has 1 aromatic carbocycles. The fourth-order valence-corrected chi connectivity index (χ4v) is 1.92. The molecule has 0 fully saturated rings. The van der Waals surface area contributed by atoms with Crippen molar-refractivity contribution in [1.82, 2.24) is 9.55 Å². The van der Waals surface area contributed by atoms with Gasteiger partial charge in [0.2, 0.25) is 5.88 Å². The summed E-state index contributed by atoms with van der Waals surface area (Å²) in [6, 6.07) is 8.03. The van der Waals surface area contributed by atoms with Gasteiger partial charge in [0.1, 0.15) is 5.75 Å². The second-order valence-corrected chi connectivity index (χ2v) is 3.93. The topological polar surface area (TPSA) is 77.2 Å².